The van der Waals surface area contributed by atoms with E-state index in [2.05, 4.69) is 20.8 Å². The van der Waals surface area contributed by atoms with E-state index in [0.717, 1.165) is 6.42 Å². The summed E-state index contributed by atoms with van der Waals surface area (Å²) in [7, 11) is 0. The first-order valence-corrected chi connectivity index (χ1v) is 4.27. The number of hydrogen-bond acceptors (Lipinski definition) is 2. The zero-order valence-electron chi connectivity index (χ0n) is 7.79. The summed E-state index contributed by atoms with van der Waals surface area (Å²) in [5.74, 6) is 0. The van der Waals surface area contributed by atoms with Gasteiger partial charge in [0, 0.05) is 0 Å². The summed E-state index contributed by atoms with van der Waals surface area (Å²) in [6.07, 6.45) is 0.884. The maximum Gasteiger partial charge on any atom is 0.0850 e. The fourth-order valence-corrected chi connectivity index (χ4v) is 1.99. The summed E-state index contributed by atoms with van der Waals surface area (Å²) in [6, 6.07) is 0. The lowest BCUT2D eigenvalue weighted by Crippen LogP contribution is -2.47. The van der Waals surface area contributed by atoms with E-state index in [1.165, 1.54) is 0 Å². The summed E-state index contributed by atoms with van der Waals surface area (Å²) < 4.78 is 5.48. The molecule has 0 amide bonds. The van der Waals surface area contributed by atoms with Gasteiger partial charge in [-0.15, -0.1) is 0 Å². The van der Waals surface area contributed by atoms with E-state index in [1.807, 2.05) is 6.92 Å². The number of ether oxygens (including phenoxy) is 1. The van der Waals surface area contributed by atoms with Gasteiger partial charge >= 0.3 is 0 Å². The van der Waals surface area contributed by atoms with Crippen LogP contribution in [0.2, 0.25) is 0 Å². The molecule has 3 atom stereocenters. The highest BCUT2D eigenvalue weighted by atomic mass is 16.5. The van der Waals surface area contributed by atoms with Crippen LogP contribution in [0.4, 0.5) is 0 Å². The van der Waals surface area contributed by atoms with Gasteiger partial charge in [0.15, 0.2) is 0 Å². The fourth-order valence-electron chi connectivity index (χ4n) is 1.99. The Hall–Kier alpha value is -0.0800. The van der Waals surface area contributed by atoms with Crippen molar-refractivity contribution >= 4 is 0 Å². The van der Waals surface area contributed by atoms with Crippen molar-refractivity contribution in [3.63, 3.8) is 0 Å². The van der Waals surface area contributed by atoms with Crippen molar-refractivity contribution in [2.45, 2.75) is 52.4 Å². The molecule has 0 aromatic heterocycles. The van der Waals surface area contributed by atoms with Gasteiger partial charge in [0.1, 0.15) is 0 Å². The lowest BCUT2D eigenvalue weighted by molar-refractivity contribution is -0.159. The van der Waals surface area contributed by atoms with Gasteiger partial charge in [-0.1, -0.05) is 13.8 Å². The quantitative estimate of drug-likeness (QED) is 0.580. The normalized spacial score (nSPS) is 43.9. The molecule has 0 aromatic carbocycles. The number of aliphatic hydroxyl groups is 1. The van der Waals surface area contributed by atoms with Crippen LogP contribution in [0.3, 0.4) is 0 Å². The minimum Gasteiger partial charge on any atom is -0.390 e. The summed E-state index contributed by atoms with van der Waals surface area (Å²) >= 11 is 0. The lowest BCUT2D eigenvalue weighted by atomic mass is 9.77. The topological polar surface area (TPSA) is 29.5 Å². The van der Waals surface area contributed by atoms with Crippen molar-refractivity contribution in [2.75, 3.05) is 0 Å². The Bertz CT molecular complexity index is 142. The molecule has 0 radical (unpaired) electrons. The van der Waals surface area contributed by atoms with Gasteiger partial charge in [0.2, 0.25) is 0 Å². The third kappa shape index (κ3) is 1.74. The van der Waals surface area contributed by atoms with Crippen molar-refractivity contribution < 1.29 is 9.84 Å². The van der Waals surface area contributed by atoms with Crippen molar-refractivity contribution in [2.24, 2.45) is 5.41 Å². The predicted molar refractivity (Wildman–Crippen MR) is 44.4 cm³/mol. The molecule has 11 heavy (non-hydrogen) atoms. The second-order valence-electron chi connectivity index (χ2n) is 4.29. The van der Waals surface area contributed by atoms with Gasteiger partial charge in [-0.25, -0.2) is 0 Å². The molecule has 1 saturated heterocycles. The molecule has 66 valence electrons. The van der Waals surface area contributed by atoms with Gasteiger partial charge in [0.05, 0.1) is 18.3 Å². The highest BCUT2D eigenvalue weighted by molar-refractivity contribution is 4.88. The molecule has 1 heterocycles. The van der Waals surface area contributed by atoms with E-state index in [0.29, 0.717) is 0 Å². The number of hydrogen-bond donors (Lipinski definition) is 1. The van der Waals surface area contributed by atoms with Gasteiger partial charge in [0.25, 0.3) is 0 Å². The molecule has 0 aromatic rings. The summed E-state index contributed by atoms with van der Waals surface area (Å²) in [5, 5.41) is 9.70. The molecular formula is C9H18O2. The Kier molecular flexibility index (Phi) is 2.26. The van der Waals surface area contributed by atoms with Crippen molar-refractivity contribution in [3.05, 3.63) is 0 Å². The first kappa shape index (κ1) is 9.01. The lowest BCUT2D eigenvalue weighted by Gasteiger charge is -2.42. The third-order valence-electron chi connectivity index (χ3n) is 2.51. The van der Waals surface area contributed by atoms with Crippen molar-refractivity contribution in [3.8, 4) is 0 Å². The van der Waals surface area contributed by atoms with Crippen LogP contribution in [0.25, 0.3) is 0 Å². The molecule has 1 fully saturated rings. The second kappa shape index (κ2) is 2.76. The monoisotopic (exact) mass is 158 g/mol. The van der Waals surface area contributed by atoms with E-state index >= 15 is 0 Å². The molecule has 0 saturated carbocycles. The molecule has 2 nitrogen and oxygen atoms in total. The Balaban J connectivity index is 2.67. The maximum absolute atomic E-state index is 9.70. The molecular weight excluding hydrogens is 140 g/mol. The fraction of sp³-hybridized carbons (Fsp3) is 1.00. The zero-order chi connectivity index (χ0) is 8.65. The van der Waals surface area contributed by atoms with E-state index in [-0.39, 0.29) is 23.7 Å². The SMILES string of the molecule is CC1CC(C)(C)[C@@H](O)C(C)O1. The van der Waals surface area contributed by atoms with E-state index in [4.69, 9.17) is 4.74 Å². The number of rotatable bonds is 0. The van der Waals surface area contributed by atoms with Crippen molar-refractivity contribution in [1.29, 1.82) is 0 Å². The van der Waals surface area contributed by atoms with Crippen LogP contribution in [0.5, 0.6) is 0 Å². The second-order valence-corrected chi connectivity index (χ2v) is 4.29. The maximum atomic E-state index is 9.70. The molecule has 1 N–H and O–H groups in total. The predicted octanol–water partition coefficient (Wildman–Crippen LogP) is 1.57. The van der Waals surface area contributed by atoms with E-state index in [1.54, 1.807) is 0 Å². The summed E-state index contributed by atoms with van der Waals surface area (Å²) in [6.45, 7) is 8.17. The van der Waals surface area contributed by atoms with Crippen LogP contribution in [0, 0.1) is 5.41 Å². The van der Waals surface area contributed by atoms with Gasteiger partial charge < -0.3 is 9.84 Å². The summed E-state index contributed by atoms with van der Waals surface area (Å²) in [5.41, 5.74) is 0.0110. The molecule has 2 unspecified atom stereocenters. The highest BCUT2D eigenvalue weighted by Gasteiger charge is 2.39. The van der Waals surface area contributed by atoms with Gasteiger partial charge in [-0.05, 0) is 25.7 Å². The zero-order valence-corrected chi connectivity index (χ0v) is 7.79. The summed E-state index contributed by atoms with van der Waals surface area (Å²) in [4.78, 5) is 0. The van der Waals surface area contributed by atoms with Gasteiger partial charge in [-0.3, -0.25) is 0 Å². The van der Waals surface area contributed by atoms with Crippen LogP contribution in [0.1, 0.15) is 34.1 Å². The first-order chi connectivity index (χ1) is 4.93. The van der Waals surface area contributed by atoms with Crippen LogP contribution < -0.4 is 0 Å². The Labute approximate surface area is 68.6 Å². The molecule has 1 rings (SSSR count). The van der Waals surface area contributed by atoms with Crippen LogP contribution >= 0.6 is 0 Å². The first-order valence-electron chi connectivity index (χ1n) is 4.27. The molecule has 1 aliphatic rings. The van der Waals surface area contributed by atoms with Crippen LogP contribution in [-0.2, 0) is 4.74 Å². The van der Waals surface area contributed by atoms with E-state index in [9.17, 15) is 5.11 Å². The van der Waals surface area contributed by atoms with Gasteiger partial charge in [-0.2, -0.15) is 0 Å². The third-order valence-corrected chi connectivity index (χ3v) is 2.51. The highest BCUT2D eigenvalue weighted by Crippen LogP contribution is 2.35. The van der Waals surface area contributed by atoms with Crippen LogP contribution in [0.15, 0.2) is 0 Å². The smallest absolute Gasteiger partial charge is 0.0850 e. The average Bonchev–Trinajstić information content (AvgIpc) is 1.81. The minimum atomic E-state index is -0.321. The Morgan fingerprint density at radius 2 is 1.91 bits per heavy atom. The van der Waals surface area contributed by atoms with Crippen molar-refractivity contribution in [1.82, 2.24) is 0 Å². The Morgan fingerprint density at radius 1 is 1.36 bits per heavy atom. The standard InChI is InChI=1S/C9H18O2/c1-6-5-9(3,4)8(10)7(2)11-6/h6-8,10H,5H2,1-4H3/t6?,7?,8-/m0/s1. The molecule has 1 aliphatic heterocycles. The molecule has 0 spiro atoms. The van der Waals surface area contributed by atoms with Crippen LogP contribution in [-0.4, -0.2) is 23.4 Å². The molecule has 0 bridgehead atoms. The average molecular weight is 158 g/mol. The largest absolute Gasteiger partial charge is 0.390 e. The molecule has 0 aliphatic carbocycles. The Morgan fingerprint density at radius 3 is 2.36 bits per heavy atom. The van der Waals surface area contributed by atoms with E-state index < -0.39 is 0 Å². The number of aliphatic hydroxyl groups excluding tert-OH is 1. The molecule has 2 heteroatoms. The minimum absolute atomic E-state index is 0.0110.